The van der Waals surface area contributed by atoms with Crippen molar-refractivity contribution in [1.29, 1.82) is 5.41 Å². The van der Waals surface area contributed by atoms with Crippen molar-refractivity contribution in [2.24, 2.45) is 16.6 Å². The molecule has 2 aliphatic heterocycles. The summed E-state index contributed by atoms with van der Waals surface area (Å²) in [5.41, 5.74) is 10.9. The summed E-state index contributed by atoms with van der Waals surface area (Å²) < 4.78 is 0. The van der Waals surface area contributed by atoms with E-state index in [1.165, 1.54) is 6.21 Å². The van der Waals surface area contributed by atoms with Crippen LogP contribution in [0.5, 0.6) is 0 Å². The maximum Gasteiger partial charge on any atom is 0.132 e. The highest BCUT2D eigenvalue weighted by atomic mass is 15.1. The van der Waals surface area contributed by atoms with E-state index in [9.17, 15) is 0 Å². The molecule has 0 spiro atoms. The van der Waals surface area contributed by atoms with Crippen molar-refractivity contribution in [2.75, 3.05) is 0 Å². The van der Waals surface area contributed by atoms with E-state index < -0.39 is 0 Å². The van der Waals surface area contributed by atoms with Gasteiger partial charge in [-0.05, 0) is 59.1 Å². The first-order valence-electron chi connectivity index (χ1n) is 9.07. The van der Waals surface area contributed by atoms with E-state index >= 15 is 0 Å². The molecule has 2 aliphatic rings. The first kappa shape index (κ1) is 19.1. The molecule has 3 rings (SSSR count). The molecular weight excluding hydrogens is 348 g/mol. The first-order valence-corrected chi connectivity index (χ1v) is 9.07. The zero-order valence-electron chi connectivity index (χ0n) is 16.0. The van der Waals surface area contributed by atoms with Crippen LogP contribution in [0.1, 0.15) is 19.4 Å². The second kappa shape index (κ2) is 8.81. The topological polar surface area (TPSA) is 99.2 Å². The highest BCUT2D eigenvalue weighted by Gasteiger charge is 2.14. The number of nitrogens with zero attached hydrogens (tertiary/aromatic N) is 2. The van der Waals surface area contributed by atoms with Gasteiger partial charge in [-0.25, -0.2) is 4.99 Å². The number of aromatic nitrogens is 1. The SMILES string of the molecule is CC(C)C(C=N)=CC(N)=NC1=CC=C2NC=C(/C=C/c3ccncc3)C=C2N1. The number of rotatable bonds is 6. The van der Waals surface area contributed by atoms with E-state index in [-0.39, 0.29) is 5.92 Å². The van der Waals surface area contributed by atoms with Crippen LogP contribution in [0.3, 0.4) is 0 Å². The van der Waals surface area contributed by atoms with Gasteiger partial charge in [0.15, 0.2) is 0 Å². The van der Waals surface area contributed by atoms with Crippen molar-refractivity contribution in [1.82, 2.24) is 15.6 Å². The third kappa shape index (κ3) is 4.94. The summed E-state index contributed by atoms with van der Waals surface area (Å²) in [6.45, 7) is 4.03. The Kier molecular flexibility index (Phi) is 6.01. The lowest BCUT2D eigenvalue weighted by Crippen LogP contribution is -2.26. The minimum absolute atomic E-state index is 0.219. The number of allylic oxidation sites excluding steroid dienone is 6. The van der Waals surface area contributed by atoms with Crippen LogP contribution in [0.15, 0.2) is 94.5 Å². The lowest BCUT2D eigenvalue weighted by molar-refractivity contribution is 0.806. The van der Waals surface area contributed by atoms with Crippen LogP contribution < -0.4 is 16.4 Å². The van der Waals surface area contributed by atoms with Gasteiger partial charge in [-0.3, -0.25) is 4.98 Å². The van der Waals surface area contributed by atoms with Crippen LogP contribution in [-0.4, -0.2) is 17.0 Å². The average Bonchev–Trinajstić information content (AvgIpc) is 2.70. The van der Waals surface area contributed by atoms with Gasteiger partial charge in [-0.1, -0.05) is 26.0 Å². The standard InChI is InChI=1S/C22H24N6/c1-15(2)18(13-23)12-21(24)28-22-6-5-19-20(27-22)11-17(14-26-19)4-3-16-7-9-25-10-8-16/h3-15,23,26-27H,1-2H3,(H2,24,28)/b4-3+,18-12?,23-13?. The Bertz CT molecular complexity index is 956. The smallest absolute Gasteiger partial charge is 0.132 e. The number of hydrogen-bond acceptors (Lipinski definition) is 5. The van der Waals surface area contributed by atoms with Crippen LogP contribution in [-0.2, 0) is 0 Å². The molecule has 5 N–H and O–H groups in total. The number of dihydropyridines is 2. The van der Waals surface area contributed by atoms with Crippen LogP contribution >= 0.6 is 0 Å². The second-order valence-corrected chi connectivity index (χ2v) is 6.70. The molecule has 0 saturated carbocycles. The number of hydrogen-bond donors (Lipinski definition) is 4. The van der Waals surface area contributed by atoms with E-state index in [0.717, 1.165) is 28.1 Å². The van der Waals surface area contributed by atoms with E-state index in [4.69, 9.17) is 11.1 Å². The van der Waals surface area contributed by atoms with Crippen molar-refractivity contribution in [2.45, 2.75) is 13.8 Å². The zero-order chi connectivity index (χ0) is 19.9. The molecular formula is C22H24N6. The zero-order valence-corrected chi connectivity index (χ0v) is 16.0. The Labute approximate surface area is 165 Å². The number of nitrogens with two attached hydrogens (primary N) is 1. The summed E-state index contributed by atoms with van der Waals surface area (Å²) in [7, 11) is 0. The van der Waals surface area contributed by atoms with Gasteiger partial charge in [-0.15, -0.1) is 0 Å². The van der Waals surface area contributed by atoms with Gasteiger partial charge >= 0.3 is 0 Å². The Balaban J connectivity index is 1.74. The molecule has 0 atom stereocenters. The normalized spacial score (nSPS) is 17.1. The molecule has 0 fully saturated rings. The molecule has 0 amide bonds. The molecule has 1 aromatic rings. The summed E-state index contributed by atoms with van der Waals surface area (Å²) in [6.07, 6.45) is 18.5. The summed E-state index contributed by atoms with van der Waals surface area (Å²) in [5, 5.41) is 14.0. The van der Waals surface area contributed by atoms with Gasteiger partial charge in [-0.2, -0.15) is 0 Å². The molecule has 1 aromatic heterocycles. The highest BCUT2D eigenvalue weighted by Crippen LogP contribution is 2.20. The van der Waals surface area contributed by atoms with Crippen molar-refractivity contribution >= 4 is 18.1 Å². The third-order valence-electron chi connectivity index (χ3n) is 4.24. The quantitative estimate of drug-likeness (QED) is 0.454. The predicted octanol–water partition coefficient (Wildman–Crippen LogP) is 3.38. The Morgan fingerprint density at radius 3 is 2.68 bits per heavy atom. The van der Waals surface area contributed by atoms with E-state index in [1.54, 1.807) is 18.5 Å². The van der Waals surface area contributed by atoms with Gasteiger partial charge in [0, 0.05) is 24.8 Å². The van der Waals surface area contributed by atoms with Crippen molar-refractivity contribution in [3.8, 4) is 0 Å². The molecule has 0 aromatic carbocycles. The minimum atomic E-state index is 0.219. The Hall–Kier alpha value is -3.67. The first-order chi connectivity index (χ1) is 13.5. The fourth-order valence-electron chi connectivity index (χ4n) is 2.65. The van der Waals surface area contributed by atoms with Crippen LogP contribution in [0.25, 0.3) is 6.08 Å². The van der Waals surface area contributed by atoms with Gasteiger partial charge < -0.3 is 21.8 Å². The van der Waals surface area contributed by atoms with Crippen molar-refractivity contribution < 1.29 is 0 Å². The maximum atomic E-state index is 7.47. The van der Waals surface area contributed by atoms with Gasteiger partial charge in [0.1, 0.15) is 11.7 Å². The average molecular weight is 372 g/mol. The molecule has 0 saturated heterocycles. The molecule has 6 heteroatoms. The molecule has 3 heterocycles. The van der Waals surface area contributed by atoms with Crippen LogP contribution in [0.2, 0.25) is 0 Å². The highest BCUT2D eigenvalue weighted by molar-refractivity contribution is 5.97. The summed E-state index contributed by atoms with van der Waals surface area (Å²) in [5.74, 6) is 1.23. The minimum Gasteiger partial charge on any atom is -0.384 e. The molecule has 28 heavy (non-hydrogen) atoms. The predicted molar refractivity (Wildman–Crippen MR) is 115 cm³/mol. The molecule has 0 bridgehead atoms. The number of fused-ring (bicyclic) bond motifs is 1. The van der Waals surface area contributed by atoms with Crippen molar-refractivity contribution in [3.63, 3.8) is 0 Å². The summed E-state index contributed by atoms with van der Waals surface area (Å²) >= 11 is 0. The monoisotopic (exact) mass is 372 g/mol. The largest absolute Gasteiger partial charge is 0.384 e. The molecule has 0 unspecified atom stereocenters. The number of nitrogens with one attached hydrogen (secondary N) is 3. The van der Waals surface area contributed by atoms with E-state index in [0.29, 0.717) is 11.7 Å². The summed E-state index contributed by atoms with van der Waals surface area (Å²) in [4.78, 5) is 8.45. The maximum absolute atomic E-state index is 7.47. The lowest BCUT2D eigenvalue weighted by atomic mass is 10.0. The fraction of sp³-hybridized carbons (Fsp3) is 0.136. The fourth-order valence-corrected chi connectivity index (χ4v) is 2.65. The lowest BCUT2D eigenvalue weighted by Gasteiger charge is -2.22. The Morgan fingerprint density at radius 1 is 1.18 bits per heavy atom. The van der Waals surface area contributed by atoms with Crippen LogP contribution in [0, 0.1) is 11.3 Å². The van der Waals surface area contributed by atoms with Crippen LogP contribution in [0.4, 0.5) is 0 Å². The van der Waals surface area contributed by atoms with Crippen molar-refractivity contribution in [3.05, 3.63) is 95.0 Å². The number of aliphatic imine (C=N–C) groups is 1. The third-order valence-corrected chi connectivity index (χ3v) is 4.24. The molecule has 142 valence electrons. The van der Waals surface area contributed by atoms with Gasteiger partial charge in [0.05, 0.1) is 11.4 Å². The number of amidine groups is 1. The molecule has 6 nitrogen and oxygen atoms in total. The van der Waals surface area contributed by atoms with E-state index in [1.807, 2.05) is 62.6 Å². The summed E-state index contributed by atoms with van der Waals surface area (Å²) in [6, 6.07) is 3.91. The second-order valence-electron chi connectivity index (χ2n) is 6.70. The van der Waals surface area contributed by atoms with Gasteiger partial charge in [0.2, 0.25) is 0 Å². The number of pyridine rings is 1. The Morgan fingerprint density at radius 2 is 1.96 bits per heavy atom. The molecule has 0 radical (unpaired) electrons. The molecule has 0 aliphatic carbocycles. The van der Waals surface area contributed by atoms with E-state index in [2.05, 4.69) is 20.6 Å². The van der Waals surface area contributed by atoms with Gasteiger partial charge in [0.25, 0.3) is 0 Å².